The second kappa shape index (κ2) is 6.17. The molecule has 0 radical (unpaired) electrons. The molecule has 0 aliphatic rings. The smallest absolute Gasteiger partial charge is 0.190 e. The van der Waals surface area contributed by atoms with Gasteiger partial charge in [-0.1, -0.05) is 6.07 Å². The fraction of sp³-hybridized carbons (Fsp3) is 0.125. The van der Waals surface area contributed by atoms with Crippen LogP contribution >= 0.6 is 0 Å². The van der Waals surface area contributed by atoms with Crippen molar-refractivity contribution >= 4 is 75.4 Å². The van der Waals surface area contributed by atoms with Crippen LogP contribution in [0.15, 0.2) is 33.9 Å². The summed E-state index contributed by atoms with van der Waals surface area (Å²) in [5.41, 5.74) is 2.27. The van der Waals surface area contributed by atoms with E-state index in [1.807, 2.05) is 33.8 Å². The van der Waals surface area contributed by atoms with Crippen molar-refractivity contribution in [1.82, 2.24) is 0 Å². The summed E-state index contributed by atoms with van der Waals surface area (Å²) in [6, 6.07) is 6.04. The molecule has 0 aromatic heterocycles. The zero-order chi connectivity index (χ0) is 26.7. The zero-order valence-corrected chi connectivity index (χ0v) is 20.9. The number of phenolic OH excluding ortho intramolecular Hbond substituents is 4. The fourth-order valence-corrected chi connectivity index (χ4v) is 7.45. The van der Waals surface area contributed by atoms with Crippen molar-refractivity contribution in [3.63, 3.8) is 0 Å². The van der Waals surface area contributed by atoms with E-state index in [0.717, 1.165) is 16.5 Å². The molecule has 0 saturated heterocycles. The van der Waals surface area contributed by atoms with Crippen LogP contribution in [-0.2, 0) is 0 Å². The van der Waals surface area contributed by atoms with Gasteiger partial charge >= 0.3 is 0 Å². The van der Waals surface area contributed by atoms with E-state index in [4.69, 9.17) is 0 Å². The minimum absolute atomic E-state index is 0.0747. The van der Waals surface area contributed by atoms with E-state index in [-0.39, 0.29) is 50.0 Å². The molecule has 6 nitrogen and oxygen atoms in total. The highest BCUT2D eigenvalue weighted by Gasteiger charge is 2.32. The highest BCUT2D eigenvalue weighted by molar-refractivity contribution is 6.51. The molecule has 0 aliphatic carbocycles. The lowest BCUT2D eigenvalue weighted by Crippen LogP contribution is -2.09. The maximum Gasteiger partial charge on any atom is 0.190 e. The van der Waals surface area contributed by atoms with Gasteiger partial charge < -0.3 is 20.4 Å². The first-order valence-corrected chi connectivity index (χ1v) is 12.4. The Morgan fingerprint density at radius 3 is 1.26 bits per heavy atom. The Hall–Kier alpha value is -4.84. The van der Waals surface area contributed by atoms with Crippen LogP contribution in [0.5, 0.6) is 23.0 Å². The SMILES string of the molecule is Cc1cc(C)c2c3c(O)cc(O)c4c(O)c5c(=O)cc(C)c6c7c(C)cc(=O)c8c(O)c1c2c(c87)c(c43)c56. The van der Waals surface area contributed by atoms with Gasteiger partial charge in [-0.3, -0.25) is 9.59 Å². The topological polar surface area (TPSA) is 115 Å². The minimum atomic E-state index is -0.384. The monoisotopic (exact) mass is 500 g/mol. The summed E-state index contributed by atoms with van der Waals surface area (Å²) in [6.07, 6.45) is 0. The van der Waals surface area contributed by atoms with E-state index in [0.29, 0.717) is 65.0 Å². The van der Waals surface area contributed by atoms with Crippen molar-refractivity contribution in [3.8, 4) is 23.0 Å². The predicted molar refractivity (Wildman–Crippen MR) is 152 cm³/mol. The minimum Gasteiger partial charge on any atom is -0.507 e. The van der Waals surface area contributed by atoms with Crippen LogP contribution in [0.2, 0.25) is 0 Å². The third-order valence-corrected chi connectivity index (χ3v) is 8.68. The van der Waals surface area contributed by atoms with Gasteiger partial charge in [-0.15, -0.1) is 0 Å². The molecule has 0 saturated carbocycles. The van der Waals surface area contributed by atoms with Crippen molar-refractivity contribution in [2.24, 2.45) is 0 Å². The number of rotatable bonds is 0. The van der Waals surface area contributed by atoms with Crippen molar-refractivity contribution < 1.29 is 20.4 Å². The summed E-state index contributed by atoms with van der Waals surface area (Å²) in [5.74, 6) is -0.986. The second-order valence-corrected chi connectivity index (χ2v) is 10.8. The molecule has 8 aromatic rings. The van der Waals surface area contributed by atoms with Gasteiger partial charge in [0, 0.05) is 49.2 Å². The van der Waals surface area contributed by atoms with Crippen LogP contribution in [0, 0.1) is 27.7 Å². The molecule has 4 N–H and O–H groups in total. The van der Waals surface area contributed by atoms with Crippen LogP contribution < -0.4 is 10.9 Å². The summed E-state index contributed by atoms with van der Waals surface area (Å²) in [7, 11) is 0. The third-order valence-electron chi connectivity index (χ3n) is 8.68. The average Bonchev–Trinajstić information content (AvgIpc) is 2.82. The molecule has 8 aromatic carbocycles. The number of phenols is 4. The van der Waals surface area contributed by atoms with Gasteiger partial charge in [-0.25, -0.2) is 0 Å². The van der Waals surface area contributed by atoms with Crippen LogP contribution in [-0.4, -0.2) is 20.4 Å². The maximum atomic E-state index is 13.5. The van der Waals surface area contributed by atoms with Gasteiger partial charge in [0.15, 0.2) is 10.9 Å². The Balaban J connectivity index is 2.04. The Labute approximate surface area is 213 Å². The van der Waals surface area contributed by atoms with E-state index in [2.05, 4.69) is 0 Å². The molecular formula is C32H20O6. The van der Waals surface area contributed by atoms with Gasteiger partial charge in [0.1, 0.15) is 23.0 Å². The molecule has 184 valence electrons. The molecule has 0 amide bonds. The van der Waals surface area contributed by atoms with E-state index < -0.39 is 0 Å². The Morgan fingerprint density at radius 1 is 0.368 bits per heavy atom. The summed E-state index contributed by atoms with van der Waals surface area (Å²) in [5, 5.41) is 52.3. The highest BCUT2D eigenvalue weighted by Crippen LogP contribution is 2.58. The molecule has 0 unspecified atom stereocenters. The predicted octanol–water partition coefficient (Wildman–Crippen LogP) is 6.29. The van der Waals surface area contributed by atoms with Crippen molar-refractivity contribution in [2.75, 3.05) is 0 Å². The van der Waals surface area contributed by atoms with Crippen molar-refractivity contribution in [2.45, 2.75) is 27.7 Å². The van der Waals surface area contributed by atoms with E-state index in [1.54, 1.807) is 0 Å². The van der Waals surface area contributed by atoms with E-state index in [9.17, 15) is 30.0 Å². The first kappa shape index (κ1) is 21.3. The molecule has 8 rings (SSSR count). The Morgan fingerprint density at radius 2 is 0.711 bits per heavy atom. The second-order valence-electron chi connectivity index (χ2n) is 10.8. The molecule has 0 bridgehead atoms. The van der Waals surface area contributed by atoms with Crippen LogP contribution in [0.3, 0.4) is 0 Å². The quantitative estimate of drug-likeness (QED) is 0.144. The van der Waals surface area contributed by atoms with E-state index in [1.165, 1.54) is 18.2 Å². The Kier molecular flexibility index (Phi) is 3.45. The van der Waals surface area contributed by atoms with Crippen molar-refractivity contribution in [3.05, 3.63) is 67.0 Å². The van der Waals surface area contributed by atoms with Crippen LogP contribution in [0.25, 0.3) is 75.4 Å². The lowest BCUT2D eigenvalue weighted by atomic mass is 9.77. The summed E-state index contributed by atoms with van der Waals surface area (Å²) < 4.78 is 0. The number of aromatic hydroxyl groups is 4. The molecular weight excluding hydrogens is 480 g/mol. The molecule has 6 heteroatoms. The molecule has 38 heavy (non-hydrogen) atoms. The third kappa shape index (κ3) is 2.00. The largest absolute Gasteiger partial charge is 0.507 e. The molecule has 0 heterocycles. The van der Waals surface area contributed by atoms with Crippen LogP contribution in [0.1, 0.15) is 22.3 Å². The number of aryl methyl sites for hydroxylation is 4. The van der Waals surface area contributed by atoms with Gasteiger partial charge in [-0.2, -0.15) is 0 Å². The van der Waals surface area contributed by atoms with Gasteiger partial charge in [0.25, 0.3) is 0 Å². The molecule has 0 spiro atoms. The lowest BCUT2D eigenvalue weighted by molar-refractivity contribution is 0.453. The van der Waals surface area contributed by atoms with Crippen molar-refractivity contribution in [1.29, 1.82) is 0 Å². The first-order chi connectivity index (χ1) is 18.0. The lowest BCUT2D eigenvalue weighted by Gasteiger charge is -2.26. The Bertz CT molecular complexity index is 2330. The zero-order valence-electron chi connectivity index (χ0n) is 20.9. The summed E-state index contributed by atoms with van der Waals surface area (Å²) >= 11 is 0. The highest BCUT2D eigenvalue weighted by atomic mass is 16.3. The van der Waals surface area contributed by atoms with Gasteiger partial charge in [0.05, 0.1) is 16.2 Å². The summed E-state index contributed by atoms with van der Waals surface area (Å²) in [4.78, 5) is 26.9. The molecule has 0 fully saturated rings. The number of hydrogen-bond donors (Lipinski definition) is 4. The van der Waals surface area contributed by atoms with Crippen LogP contribution in [0.4, 0.5) is 0 Å². The first-order valence-electron chi connectivity index (χ1n) is 12.4. The summed E-state index contributed by atoms with van der Waals surface area (Å²) in [6.45, 7) is 7.43. The molecule has 0 aliphatic heterocycles. The number of hydrogen-bond acceptors (Lipinski definition) is 6. The molecule has 0 atom stereocenters. The van der Waals surface area contributed by atoms with Gasteiger partial charge in [-0.05, 0) is 78.2 Å². The number of benzene rings is 8. The fourth-order valence-electron chi connectivity index (χ4n) is 7.45. The maximum absolute atomic E-state index is 13.5. The standard InChI is InChI=1S/C32H20O6/c1-9-5-10(2)20-25-19(9)21-15(35)8-16(36)24-28(21)30-27-18(12(4)7-14(34)23(27)32(24)38)17-11(3)6-13(33)22(31(20)37)26(17)29(25)30/h5-8,35-38H,1-4H3. The van der Waals surface area contributed by atoms with E-state index >= 15 is 0 Å². The normalized spacial score (nSPS) is 12.8. The average molecular weight is 501 g/mol. The number of fused-ring (bicyclic) bond motifs is 2. The van der Waals surface area contributed by atoms with Gasteiger partial charge in [0.2, 0.25) is 0 Å².